The van der Waals surface area contributed by atoms with Crippen molar-refractivity contribution >= 4 is 22.7 Å². The van der Waals surface area contributed by atoms with Crippen molar-refractivity contribution in [3.63, 3.8) is 0 Å². The Morgan fingerprint density at radius 3 is 2.46 bits per heavy atom. The van der Waals surface area contributed by atoms with Crippen molar-refractivity contribution in [2.24, 2.45) is 0 Å². The van der Waals surface area contributed by atoms with E-state index in [-0.39, 0.29) is 6.04 Å². The first-order valence-electron chi connectivity index (χ1n) is 7.64. The van der Waals surface area contributed by atoms with Gasteiger partial charge in [-0.2, -0.15) is 11.3 Å². The highest BCUT2D eigenvalue weighted by Gasteiger charge is 2.15. The lowest BCUT2D eigenvalue weighted by Gasteiger charge is -2.17. The fourth-order valence-corrected chi connectivity index (χ4v) is 3.90. The van der Waals surface area contributed by atoms with Gasteiger partial charge in [-0.15, -0.1) is 11.3 Å². The van der Waals surface area contributed by atoms with Crippen molar-refractivity contribution in [2.75, 3.05) is 14.2 Å². The molecule has 126 valence electrons. The molecule has 0 radical (unpaired) electrons. The van der Waals surface area contributed by atoms with Crippen LogP contribution >= 0.6 is 22.7 Å². The summed E-state index contributed by atoms with van der Waals surface area (Å²) in [6, 6.07) is 8.30. The summed E-state index contributed by atoms with van der Waals surface area (Å²) in [6.45, 7) is 0.724. The molecule has 0 fully saturated rings. The Hall–Kier alpha value is -1.89. The minimum Gasteiger partial charge on any atom is -0.497 e. The Balaban J connectivity index is 1.73. The van der Waals surface area contributed by atoms with E-state index in [4.69, 9.17) is 9.47 Å². The van der Waals surface area contributed by atoms with Crippen molar-refractivity contribution in [1.82, 2.24) is 10.3 Å². The van der Waals surface area contributed by atoms with Gasteiger partial charge in [-0.25, -0.2) is 4.98 Å². The molecule has 0 saturated carbocycles. The highest BCUT2D eigenvalue weighted by molar-refractivity contribution is 7.09. The van der Waals surface area contributed by atoms with E-state index < -0.39 is 0 Å². The number of aromatic nitrogens is 1. The SMILES string of the molecule is COc1cc(CNC(Cc2ccsc2)c2nccs2)cc(OC)c1. The number of thiophene rings is 1. The van der Waals surface area contributed by atoms with E-state index in [0.29, 0.717) is 0 Å². The summed E-state index contributed by atoms with van der Waals surface area (Å²) in [4.78, 5) is 4.49. The molecule has 0 spiro atoms. The van der Waals surface area contributed by atoms with Crippen molar-refractivity contribution in [2.45, 2.75) is 19.0 Å². The minimum absolute atomic E-state index is 0.191. The zero-order valence-electron chi connectivity index (χ0n) is 13.7. The fourth-order valence-electron chi connectivity index (χ4n) is 2.51. The molecule has 4 nitrogen and oxygen atoms in total. The maximum Gasteiger partial charge on any atom is 0.122 e. The number of benzene rings is 1. The summed E-state index contributed by atoms with van der Waals surface area (Å²) in [5.74, 6) is 1.60. The first-order chi connectivity index (χ1) is 11.8. The predicted octanol–water partition coefficient (Wildman–Crippen LogP) is 4.30. The predicted molar refractivity (Wildman–Crippen MR) is 99.3 cm³/mol. The number of thiazole rings is 1. The highest BCUT2D eigenvalue weighted by Crippen LogP contribution is 2.25. The van der Waals surface area contributed by atoms with E-state index in [2.05, 4.69) is 27.1 Å². The normalized spacial score (nSPS) is 12.1. The van der Waals surface area contributed by atoms with E-state index in [1.165, 1.54) is 5.56 Å². The number of ether oxygens (including phenoxy) is 2. The fraction of sp³-hybridized carbons (Fsp3) is 0.278. The van der Waals surface area contributed by atoms with Crippen LogP contribution in [0.5, 0.6) is 11.5 Å². The lowest BCUT2D eigenvalue weighted by Crippen LogP contribution is -2.22. The summed E-state index contributed by atoms with van der Waals surface area (Å²) in [5.41, 5.74) is 2.45. The number of nitrogens with zero attached hydrogens (tertiary/aromatic N) is 1. The average molecular weight is 361 g/mol. The van der Waals surface area contributed by atoms with E-state index in [1.54, 1.807) is 36.9 Å². The lowest BCUT2D eigenvalue weighted by atomic mass is 10.1. The van der Waals surface area contributed by atoms with E-state index in [9.17, 15) is 0 Å². The second kappa shape index (κ2) is 8.28. The monoisotopic (exact) mass is 360 g/mol. The van der Waals surface area contributed by atoms with Crippen LogP contribution in [0.15, 0.2) is 46.6 Å². The van der Waals surface area contributed by atoms with Gasteiger partial charge in [0.25, 0.3) is 0 Å². The molecule has 0 bridgehead atoms. The second-order valence-electron chi connectivity index (χ2n) is 5.36. The maximum atomic E-state index is 5.34. The van der Waals surface area contributed by atoms with Gasteiger partial charge in [0.05, 0.1) is 20.3 Å². The van der Waals surface area contributed by atoms with Crippen LogP contribution in [-0.4, -0.2) is 19.2 Å². The molecule has 1 unspecified atom stereocenters. The molecule has 2 heterocycles. The van der Waals surface area contributed by atoms with Crippen molar-refractivity contribution in [3.05, 3.63) is 62.7 Å². The number of hydrogen-bond donors (Lipinski definition) is 1. The first kappa shape index (κ1) is 17.0. The molecule has 1 atom stereocenters. The Morgan fingerprint density at radius 1 is 1.08 bits per heavy atom. The average Bonchev–Trinajstić information content (AvgIpc) is 3.31. The summed E-state index contributed by atoms with van der Waals surface area (Å²) in [5, 5.41) is 11.1. The summed E-state index contributed by atoms with van der Waals surface area (Å²) in [6.07, 6.45) is 2.79. The number of nitrogens with one attached hydrogen (secondary N) is 1. The maximum absolute atomic E-state index is 5.34. The van der Waals surface area contributed by atoms with Crippen molar-refractivity contribution < 1.29 is 9.47 Å². The zero-order chi connectivity index (χ0) is 16.8. The molecular weight excluding hydrogens is 340 g/mol. The molecular formula is C18H20N2O2S2. The smallest absolute Gasteiger partial charge is 0.122 e. The summed E-state index contributed by atoms with van der Waals surface area (Å²) < 4.78 is 10.7. The Kier molecular flexibility index (Phi) is 5.85. The highest BCUT2D eigenvalue weighted by atomic mass is 32.1. The Bertz CT molecular complexity index is 720. The molecule has 0 amide bonds. The van der Waals surface area contributed by atoms with Crippen LogP contribution in [0.25, 0.3) is 0 Å². The van der Waals surface area contributed by atoms with Crippen LogP contribution in [0.4, 0.5) is 0 Å². The van der Waals surface area contributed by atoms with Gasteiger partial charge >= 0.3 is 0 Å². The lowest BCUT2D eigenvalue weighted by molar-refractivity contribution is 0.392. The van der Waals surface area contributed by atoms with Gasteiger partial charge in [0.2, 0.25) is 0 Å². The van der Waals surface area contributed by atoms with Crippen LogP contribution < -0.4 is 14.8 Å². The van der Waals surface area contributed by atoms with Gasteiger partial charge in [-0.3, -0.25) is 0 Å². The van der Waals surface area contributed by atoms with Gasteiger partial charge in [-0.1, -0.05) is 0 Å². The summed E-state index contributed by atoms with van der Waals surface area (Å²) >= 11 is 3.41. The largest absolute Gasteiger partial charge is 0.497 e. The third kappa shape index (κ3) is 4.35. The molecule has 0 aliphatic heterocycles. The quantitative estimate of drug-likeness (QED) is 0.651. The van der Waals surface area contributed by atoms with Gasteiger partial charge in [-0.05, 0) is 46.5 Å². The molecule has 3 aromatic rings. The third-order valence-electron chi connectivity index (χ3n) is 3.73. The van der Waals surface area contributed by atoms with Crippen LogP contribution in [0.1, 0.15) is 22.2 Å². The van der Waals surface area contributed by atoms with Gasteiger partial charge < -0.3 is 14.8 Å². The molecule has 1 aromatic carbocycles. The Labute approximate surface area is 150 Å². The van der Waals surface area contributed by atoms with Crippen LogP contribution in [-0.2, 0) is 13.0 Å². The molecule has 2 aromatic heterocycles. The number of hydrogen-bond acceptors (Lipinski definition) is 6. The standard InChI is InChI=1S/C18H20N2O2S2/c1-21-15-7-14(8-16(10-15)22-2)11-20-17(18-19-4-6-24-18)9-13-3-5-23-12-13/h3-8,10,12,17,20H,9,11H2,1-2H3. The molecule has 24 heavy (non-hydrogen) atoms. The topological polar surface area (TPSA) is 43.4 Å². The zero-order valence-corrected chi connectivity index (χ0v) is 15.3. The van der Waals surface area contributed by atoms with Crippen LogP contribution in [0.2, 0.25) is 0 Å². The van der Waals surface area contributed by atoms with Crippen molar-refractivity contribution in [1.29, 1.82) is 0 Å². The molecule has 3 rings (SSSR count). The molecule has 0 saturated heterocycles. The second-order valence-corrected chi connectivity index (χ2v) is 7.07. The number of methoxy groups -OCH3 is 2. The van der Waals surface area contributed by atoms with E-state index in [0.717, 1.165) is 35.0 Å². The molecule has 0 aliphatic rings. The molecule has 6 heteroatoms. The first-order valence-corrected chi connectivity index (χ1v) is 9.46. The van der Waals surface area contributed by atoms with Gasteiger partial charge in [0, 0.05) is 24.2 Å². The molecule has 1 N–H and O–H groups in total. The minimum atomic E-state index is 0.191. The van der Waals surface area contributed by atoms with Gasteiger partial charge in [0.15, 0.2) is 0 Å². The number of rotatable bonds is 8. The third-order valence-corrected chi connectivity index (χ3v) is 5.35. The summed E-state index contributed by atoms with van der Waals surface area (Å²) in [7, 11) is 3.34. The van der Waals surface area contributed by atoms with E-state index in [1.807, 2.05) is 29.8 Å². The van der Waals surface area contributed by atoms with E-state index >= 15 is 0 Å². The Morgan fingerprint density at radius 2 is 1.88 bits per heavy atom. The molecule has 0 aliphatic carbocycles. The van der Waals surface area contributed by atoms with Crippen LogP contribution in [0.3, 0.4) is 0 Å². The van der Waals surface area contributed by atoms with Crippen LogP contribution in [0, 0.1) is 0 Å². The van der Waals surface area contributed by atoms with Gasteiger partial charge in [0.1, 0.15) is 16.5 Å². The van der Waals surface area contributed by atoms with Crippen molar-refractivity contribution in [3.8, 4) is 11.5 Å².